The van der Waals surface area contributed by atoms with Crippen LogP contribution in [0, 0.1) is 0 Å². The maximum absolute atomic E-state index is 11.1. The summed E-state index contributed by atoms with van der Waals surface area (Å²) in [5.74, 6) is 1.97. The number of carbonyl (C=O) groups is 1. The normalized spacial score (nSPS) is 10.1. The van der Waals surface area contributed by atoms with E-state index in [1.807, 2.05) is 0 Å². The molecular formula is C10H21NO2S. The second-order valence-corrected chi connectivity index (χ2v) is 4.37. The number of rotatable bonds is 9. The summed E-state index contributed by atoms with van der Waals surface area (Å²) in [6.45, 7) is 3.09. The van der Waals surface area contributed by atoms with Gasteiger partial charge in [-0.2, -0.15) is 11.8 Å². The fraction of sp³-hybridized carbons (Fsp3) is 0.900. The molecule has 0 atom stereocenters. The van der Waals surface area contributed by atoms with E-state index in [1.54, 1.807) is 11.8 Å². The molecule has 3 nitrogen and oxygen atoms in total. The fourth-order valence-electron chi connectivity index (χ4n) is 0.994. The first kappa shape index (κ1) is 13.8. The number of aliphatic hydroxyl groups excluding tert-OH is 1. The number of aliphatic hydroxyl groups is 1. The maximum Gasteiger partial charge on any atom is 0.219 e. The smallest absolute Gasteiger partial charge is 0.219 e. The van der Waals surface area contributed by atoms with Gasteiger partial charge in [0.25, 0.3) is 0 Å². The van der Waals surface area contributed by atoms with Gasteiger partial charge in [-0.05, 0) is 18.6 Å². The molecule has 0 fully saturated rings. The zero-order valence-electron chi connectivity index (χ0n) is 8.92. The predicted molar refractivity (Wildman–Crippen MR) is 61.6 cm³/mol. The van der Waals surface area contributed by atoms with Crippen molar-refractivity contribution >= 4 is 17.7 Å². The van der Waals surface area contributed by atoms with Gasteiger partial charge >= 0.3 is 0 Å². The molecule has 4 heteroatoms. The second-order valence-electron chi connectivity index (χ2n) is 3.14. The van der Waals surface area contributed by atoms with Crippen LogP contribution >= 0.6 is 11.8 Å². The summed E-state index contributed by atoms with van der Waals surface area (Å²) in [5.41, 5.74) is 0. The number of unbranched alkanes of at least 4 members (excludes halogenated alkanes) is 1. The van der Waals surface area contributed by atoms with Crippen molar-refractivity contribution in [2.24, 2.45) is 0 Å². The lowest BCUT2D eigenvalue weighted by Gasteiger charge is -2.03. The van der Waals surface area contributed by atoms with Crippen LogP contribution in [-0.4, -0.2) is 35.7 Å². The Bertz CT molecular complexity index is 142. The average Bonchev–Trinajstić information content (AvgIpc) is 2.20. The number of thioether (sulfide) groups is 1. The zero-order chi connectivity index (χ0) is 10.6. The molecule has 0 rings (SSSR count). The number of hydrogen-bond donors (Lipinski definition) is 2. The summed E-state index contributed by atoms with van der Waals surface area (Å²) in [6.07, 6.45) is 3.69. The van der Waals surface area contributed by atoms with E-state index in [1.165, 1.54) is 0 Å². The molecule has 0 aliphatic rings. The molecule has 0 unspecified atom stereocenters. The largest absolute Gasteiger partial charge is 0.396 e. The van der Waals surface area contributed by atoms with Crippen molar-refractivity contribution < 1.29 is 9.90 Å². The first-order valence-corrected chi connectivity index (χ1v) is 6.42. The summed E-state index contributed by atoms with van der Waals surface area (Å²) in [6, 6.07) is 0. The van der Waals surface area contributed by atoms with Gasteiger partial charge in [0.2, 0.25) is 5.91 Å². The van der Waals surface area contributed by atoms with Crippen molar-refractivity contribution in [2.75, 3.05) is 24.7 Å². The molecule has 0 aromatic carbocycles. The van der Waals surface area contributed by atoms with Crippen LogP contribution in [0.5, 0.6) is 0 Å². The van der Waals surface area contributed by atoms with Crippen LogP contribution in [-0.2, 0) is 4.79 Å². The van der Waals surface area contributed by atoms with E-state index in [0.29, 0.717) is 6.42 Å². The van der Waals surface area contributed by atoms with Gasteiger partial charge in [0.15, 0.2) is 0 Å². The highest BCUT2D eigenvalue weighted by atomic mass is 32.2. The van der Waals surface area contributed by atoms with Gasteiger partial charge in [0.1, 0.15) is 0 Å². The van der Waals surface area contributed by atoms with Gasteiger partial charge in [-0.25, -0.2) is 0 Å². The highest BCUT2D eigenvalue weighted by Crippen LogP contribution is 2.00. The molecule has 0 radical (unpaired) electrons. The molecule has 0 spiro atoms. The Morgan fingerprint density at radius 2 is 2.14 bits per heavy atom. The summed E-state index contributed by atoms with van der Waals surface area (Å²) in [5, 5.41) is 11.4. The van der Waals surface area contributed by atoms with E-state index in [-0.39, 0.29) is 12.5 Å². The Labute approximate surface area is 90.7 Å². The van der Waals surface area contributed by atoms with Gasteiger partial charge in [0, 0.05) is 18.7 Å². The lowest BCUT2D eigenvalue weighted by molar-refractivity contribution is -0.121. The zero-order valence-corrected chi connectivity index (χ0v) is 9.74. The minimum absolute atomic E-state index is 0.166. The van der Waals surface area contributed by atoms with Gasteiger partial charge < -0.3 is 10.4 Å². The van der Waals surface area contributed by atoms with Crippen molar-refractivity contribution in [1.82, 2.24) is 5.32 Å². The third-order valence-electron chi connectivity index (χ3n) is 1.78. The molecule has 0 aromatic rings. The van der Waals surface area contributed by atoms with Crippen molar-refractivity contribution in [3.8, 4) is 0 Å². The Morgan fingerprint density at radius 1 is 1.36 bits per heavy atom. The minimum Gasteiger partial charge on any atom is -0.396 e. The first-order chi connectivity index (χ1) is 6.81. The Balaban J connectivity index is 3.07. The second kappa shape index (κ2) is 10.9. The molecule has 0 aliphatic heterocycles. The number of nitrogens with one attached hydrogen (secondary N) is 1. The minimum atomic E-state index is 0.166. The summed E-state index contributed by atoms with van der Waals surface area (Å²) < 4.78 is 0. The maximum atomic E-state index is 11.1. The van der Waals surface area contributed by atoms with Crippen LogP contribution in [0.25, 0.3) is 0 Å². The highest BCUT2D eigenvalue weighted by molar-refractivity contribution is 7.99. The Morgan fingerprint density at radius 3 is 2.79 bits per heavy atom. The molecule has 14 heavy (non-hydrogen) atoms. The highest BCUT2D eigenvalue weighted by Gasteiger charge is 1.98. The van der Waals surface area contributed by atoms with Crippen LogP contribution in [0.4, 0.5) is 0 Å². The van der Waals surface area contributed by atoms with Crippen LogP contribution in [0.2, 0.25) is 0 Å². The number of carbonyl (C=O) groups excluding carboxylic acids is 1. The number of hydrogen-bond acceptors (Lipinski definition) is 3. The Hall–Kier alpha value is -0.220. The topological polar surface area (TPSA) is 49.3 Å². The van der Waals surface area contributed by atoms with E-state index in [0.717, 1.165) is 37.3 Å². The lowest BCUT2D eigenvalue weighted by atomic mass is 10.2. The van der Waals surface area contributed by atoms with Gasteiger partial charge in [-0.3, -0.25) is 4.79 Å². The molecule has 84 valence electrons. The molecule has 0 saturated heterocycles. The van der Waals surface area contributed by atoms with Gasteiger partial charge in [0.05, 0.1) is 6.61 Å². The van der Waals surface area contributed by atoms with Gasteiger partial charge in [-0.1, -0.05) is 13.3 Å². The van der Waals surface area contributed by atoms with E-state index in [4.69, 9.17) is 5.11 Å². The van der Waals surface area contributed by atoms with Crippen LogP contribution in [0.15, 0.2) is 0 Å². The first-order valence-electron chi connectivity index (χ1n) is 5.26. The van der Waals surface area contributed by atoms with E-state index < -0.39 is 0 Å². The van der Waals surface area contributed by atoms with Crippen molar-refractivity contribution in [1.29, 1.82) is 0 Å². The standard InChI is InChI=1S/C10H21NO2S/c1-2-3-5-10(13)11-6-4-8-14-9-7-12/h12H,2-9H2,1H3,(H,11,13). The molecule has 0 aromatic heterocycles. The summed E-state index contributed by atoms with van der Waals surface area (Å²) >= 11 is 1.72. The van der Waals surface area contributed by atoms with Crippen LogP contribution in [0.1, 0.15) is 32.6 Å². The molecule has 0 saturated carbocycles. The van der Waals surface area contributed by atoms with Crippen LogP contribution < -0.4 is 5.32 Å². The lowest BCUT2D eigenvalue weighted by Crippen LogP contribution is -2.24. The van der Waals surface area contributed by atoms with Crippen LogP contribution in [0.3, 0.4) is 0 Å². The van der Waals surface area contributed by atoms with Crippen molar-refractivity contribution in [3.05, 3.63) is 0 Å². The molecule has 0 heterocycles. The Kier molecular flexibility index (Phi) is 10.7. The SMILES string of the molecule is CCCCC(=O)NCCCSCCO. The molecule has 0 aliphatic carbocycles. The third kappa shape index (κ3) is 9.86. The number of amides is 1. The van der Waals surface area contributed by atoms with E-state index in [2.05, 4.69) is 12.2 Å². The molecular weight excluding hydrogens is 198 g/mol. The predicted octanol–water partition coefficient (Wildman–Crippen LogP) is 1.41. The van der Waals surface area contributed by atoms with Crippen molar-refractivity contribution in [2.45, 2.75) is 32.6 Å². The molecule has 0 bridgehead atoms. The van der Waals surface area contributed by atoms with E-state index >= 15 is 0 Å². The van der Waals surface area contributed by atoms with Crippen molar-refractivity contribution in [3.63, 3.8) is 0 Å². The molecule has 2 N–H and O–H groups in total. The quantitative estimate of drug-likeness (QED) is 0.576. The summed E-state index contributed by atoms with van der Waals surface area (Å²) in [7, 11) is 0. The molecule has 1 amide bonds. The average molecular weight is 219 g/mol. The third-order valence-corrected chi connectivity index (χ3v) is 2.83. The monoisotopic (exact) mass is 219 g/mol. The van der Waals surface area contributed by atoms with E-state index in [9.17, 15) is 4.79 Å². The summed E-state index contributed by atoms with van der Waals surface area (Å²) in [4.78, 5) is 11.1. The van der Waals surface area contributed by atoms with Gasteiger partial charge in [-0.15, -0.1) is 0 Å². The fourth-order valence-corrected chi connectivity index (χ4v) is 1.68.